The summed E-state index contributed by atoms with van der Waals surface area (Å²) >= 11 is 0. The highest BCUT2D eigenvalue weighted by Crippen LogP contribution is 2.36. The standard InChI is InChI=1S/C25H26FN5O4/c26-16-9-27-23(28-10-16)15-11-30(12-15)19-2-1-3-21(19)35-17-4-5-18-14(8-17)13-31(25(18)34)20-6-7-22(32)29-24(20)33/h4-5,8-10,15,19-21H,1-3,6-7,11-13H2,(H,29,32,33)/t19-,20?,21+/m0/s1. The lowest BCUT2D eigenvalue weighted by Crippen LogP contribution is -2.54. The zero-order chi connectivity index (χ0) is 24.1. The number of fused-ring (bicyclic) bond motifs is 1. The Balaban J connectivity index is 1.10. The van der Waals surface area contributed by atoms with Crippen molar-refractivity contribution in [2.45, 2.75) is 62.8 Å². The highest BCUT2D eigenvalue weighted by Gasteiger charge is 2.42. The van der Waals surface area contributed by atoms with Gasteiger partial charge in [-0.25, -0.2) is 14.4 Å². The van der Waals surface area contributed by atoms with Crippen molar-refractivity contribution in [1.82, 2.24) is 25.1 Å². The van der Waals surface area contributed by atoms with Crippen molar-refractivity contribution in [3.63, 3.8) is 0 Å². The number of ether oxygens (including phenoxy) is 1. The maximum atomic E-state index is 13.1. The number of rotatable bonds is 5. The third-order valence-electron chi connectivity index (χ3n) is 7.58. The van der Waals surface area contributed by atoms with Crippen LogP contribution in [0, 0.1) is 5.82 Å². The number of nitrogens with one attached hydrogen (secondary N) is 1. The second-order valence-corrected chi connectivity index (χ2v) is 9.78. The molecule has 6 rings (SSSR count). The molecule has 3 fully saturated rings. The van der Waals surface area contributed by atoms with Gasteiger partial charge >= 0.3 is 0 Å². The lowest BCUT2D eigenvalue weighted by Gasteiger charge is -2.44. The van der Waals surface area contributed by atoms with E-state index in [1.165, 1.54) is 12.4 Å². The predicted molar refractivity (Wildman–Crippen MR) is 121 cm³/mol. The van der Waals surface area contributed by atoms with Gasteiger partial charge in [-0.2, -0.15) is 0 Å². The van der Waals surface area contributed by atoms with Gasteiger partial charge in [0.2, 0.25) is 11.8 Å². The number of piperidine rings is 1. The summed E-state index contributed by atoms with van der Waals surface area (Å²) in [5.41, 5.74) is 1.42. The van der Waals surface area contributed by atoms with E-state index < -0.39 is 17.8 Å². The number of aromatic nitrogens is 2. The fourth-order valence-corrected chi connectivity index (χ4v) is 5.74. The number of benzene rings is 1. The molecule has 3 amide bonds. The van der Waals surface area contributed by atoms with Crippen molar-refractivity contribution in [3.05, 3.63) is 53.4 Å². The van der Waals surface area contributed by atoms with Crippen LogP contribution < -0.4 is 10.1 Å². The van der Waals surface area contributed by atoms with Crippen LogP contribution >= 0.6 is 0 Å². The Labute approximate surface area is 201 Å². The van der Waals surface area contributed by atoms with E-state index in [4.69, 9.17) is 4.74 Å². The SMILES string of the molecule is O=C1CCC(N2Cc3cc(O[C@@H]4CCC[C@@H]4N4CC(c5ncc(F)cn5)C4)ccc3C2=O)C(=O)N1. The van der Waals surface area contributed by atoms with Gasteiger partial charge in [0.15, 0.2) is 5.82 Å². The zero-order valence-electron chi connectivity index (χ0n) is 19.2. The molecule has 1 aliphatic carbocycles. The predicted octanol–water partition coefficient (Wildman–Crippen LogP) is 1.78. The van der Waals surface area contributed by atoms with Gasteiger partial charge < -0.3 is 9.64 Å². The molecular weight excluding hydrogens is 453 g/mol. The first-order valence-electron chi connectivity index (χ1n) is 12.1. The first-order chi connectivity index (χ1) is 17.0. The van der Waals surface area contributed by atoms with Crippen molar-refractivity contribution in [2.75, 3.05) is 13.1 Å². The minimum absolute atomic E-state index is 0.0477. The Bertz CT molecular complexity index is 1180. The molecule has 2 saturated heterocycles. The molecule has 1 N–H and O–H groups in total. The molecule has 2 aromatic rings. The van der Waals surface area contributed by atoms with Gasteiger partial charge in [0.05, 0.1) is 12.4 Å². The number of carbonyl (C=O) groups excluding carboxylic acids is 3. The van der Waals surface area contributed by atoms with Crippen LogP contribution in [0.3, 0.4) is 0 Å². The maximum Gasteiger partial charge on any atom is 0.255 e. The molecule has 9 nitrogen and oxygen atoms in total. The summed E-state index contributed by atoms with van der Waals surface area (Å²) in [6.07, 6.45) is 6.14. The van der Waals surface area contributed by atoms with Crippen molar-refractivity contribution in [2.24, 2.45) is 0 Å². The van der Waals surface area contributed by atoms with Crippen molar-refractivity contribution in [3.8, 4) is 5.75 Å². The van der Waals surface area contributed by atoms with Crippen molar-refractivity contribution < 1.29 is 23.5 Å². The smallest absolute Gasteiger partial charge is 0.255 e. The fourth-order valence-electron chi connectivity index (χ4n) is 5.74. The maximum absolute atomic E-state index is 13.1. The summed E-state index contributed by atoms with van der Waals surface area (Å²) < 4.78 is 19.5. The summed E-state index contributed by atoms with van der Waals surface area (Å²) in [6.45, 7) is 1.99. The largest absolute Gasteiger partial charge is 0.489 e. The Morgan fingerprint density at radius 2 is 1.86 bits per heavy atom. The summed E-state index contributed by atoms with van der Waals surface area (Å²) in [6, 6.07) is 5.17. The molecule has 35 heavy (non-hydrogen) atoms. The molecule has 0 radical (unpaired) electrons. The van der Waals surface area contributed by atoms with E-state index in [0.717, 1.165) is 43.7 Å². The lowest BCUT2D eigenvalue weighted by atomic mass is 9.95. The molecule has 4 aliphatic rings. The Morgan fingerprint density at radius 3 is 2.63 bits per heavy atom. The zero-order valence-corrected chi connectivity index (χ0v) is 19.2. The number of nitrogens with zero attached hydrogens (tertiary/aromatic N) is 4. The van der Waals surface area contributed by atoms with Crippen LogP contribution in [0.2, 0.25) is 0 Å². The summed E-state index contributed by atoms with van der Waals surface area (Å²) in [4.78, 5) is 48.8. The van der Waals surface area contributed by atoms with Crippen LogP contribution in [-0.4, -0.2) is 68.8 Å². The molecule has 1 unspecified atom stereocenters. The van der Waals surface area contributed by atoms with E-state index in [1.807, 2.05) is 12.1 Å². The number of imide groups is 1. The van der Waals surface area contributed by atoms with Crippen LogP contribution in [0.5, 0.6) is 5.75 Å². The highest BCUT2D eigenvalue weighted by atomic mass is 19.1. The van der Waals surface area contributed by atoms with Crippen LogP contribution in [0.25, 0.3) is 0 Å². The van der Waals surface area contributed by atoms with Gasteiger partial charge in [-0.1, -0.05) is 0 Å². The van der Waals surface area contributed by atoms with E-state index in [1.54, 1.807) is 11.0 Å². The molecule has 0 spiro atoms. The van der Waals surface area contributed by atoms with Gasteiger partial charge in [0.25, 0.3) is 5.91 Å². The Morgan fingerprint density at radius 1 is 1.06 bits per heavy atom. The molecule has 1 saturated carbocycles. The number of hydrogen-bond acceptors (Lipinski definition) is 7. The molecule has 4 heterocycles. The van der Waals surface area contributed by atoms with E-state index >= 15 is 0 Å². The van der Waals surface area contributed by atoms with E-state index in [-0.39, 0.29) is 30.3 Å². The molecule has 0 bridgehead atoms. The van der Waals surface area contributed by atoms with Crippen molar-refractivity contribution in [1.29, 1.82) is 0 Å². The van der Waals surface area contributed by atoms with Crippen molar-refractivity contribution >= 4 is 17.7 Å². The molecule has 1 aromatic carbocycles. The number of likely N-dealkylation sites (tertiary alicyclic amines) is 1. The second-order valence-electron chi connectivity index (χ2n) is 9.78. The lowest BCUT2D eigenvalue weighted by molar-refractivity contribution is -0.136. The average molecular weight is 480 g/mol. The third-order valence-corrected chi connectivity index (χ3v) is 7.58. The van der Waals surface area contributed by atoms with Gasteiger partial charge in [-0.3, -0.25) is 24.6 Å². The number of carbonyl (C=O) groups is 3. The quantitative estimate of drug-likeness (QED) is 0.652. The minimum atomic E-state index is -0.624. The topological polar surface area (TPSA) is 105 Å². The van der Waals surface area contributed by atoms with Crippen LogP contribution in [0.4, 0.5) is 4.39 Å². The van der Waals surface area contributed by atoms with E-state index in [9.17, 15) is 18.8 Å². The summed E-state index contributed by atoms with van der Waals surface area (Å²) in [5.74, 6) is 0.294. The summed E-state index contributed by atoms with van der Waals surface area (Å²) in [5, 5.41) is 2.33. The normalized spacial score (nSPS) is 27.1. The molecule has 1 aromatic heterocycles. The van der Waals surface area contributed by atoms with Gasteiger partial charge in [-0.15, -0.1) is 0 Å². The molecular formula is C25H26FN5O4. The number of halogens is 1. The second kappa shape index (κ2) is 8.67. The third kappa shape index (κ3) is 4.05. The Hall–Kier alpha value is -3.40. The Kier molecular flexibility index (Phi) is 5.47. The monoisotopic (exact) mass is 479 g/mol. The van der Waals surface area contributed by atoms with Gasteiger partial charge in [0, 0.05) is 43.6 Å². The number of amides is 3. The molecule has 3 atom stereocenters. The highest BCUT2D eigenvalue weighted by molar-refractivity contribution is 6.05. The minimum Gasteiger partial charge on any atom is -0.489 e. The molecule has 182 valence electrons. The van der Waals surface area contributed by atoms with E-state index in [0.29, 0.717) is 30.4 Å². The molecule has 10 heteroatoms. The van der Waals surface area contributed by atoms with Gasteiger partial charge in [-0.05, 0) is 49.4 Å². The van der Waals surface area contributed by atoms with Crippen LogP contribution in [0.15, 0.2) is 30.6 Å². The van der Waals surface area contributed by atoms with E-state index in [2.05, 4.69) is 20.2 Å². The number of hydrogen-bond donors (Lipinski definition) is 1. The average Bonchev–Trinajstić information content (AvgIpc) is 3.38. The first kappa shape index (κ1) is 22.1. The first-order valence-corrected chi connectivity index (χ1v) is 12.1. The molecule has 3 aliphatic heterocycles. The van der Waals surface area contributed by atoms with Crippen LogP contribution in [-0.2, 0) is 16.1 Å². The fraction of sp³-hybridized carbons (Fsp3) is 0.480. The van der Waals surface area contributed by atoms with Gasteiger partial charge in [0.1, 0.15) is 23.7 Å². The van der Waals surface area contributed by atoms with Crippen LogP contribution in [0.1, 0.15) is 59.8 Å². The summed E-state index contributed by atoms with van der Waals surface area (Å²) in [7, 11) is 0.